The average Bonchev–Trinajstić information content (AvgIpc) is 2.65. The lowest BCUT2D eigenvalue weighted by Gasteiger charge is -2.22. The van der Waals surface area contributed by atoms with Gasteiger partial charge in [-0.3, -0.25) is 0 Å². The molecule has 1 aromatic heterocycles. The van der Waals surface area contributed by atoms with Crippen LogP contribution in [-0.2, 0) is 13.0 Å². The number of hydrogen-bond acceptors (Lipinski definition) is 3. The number of rotatable bonds is 3. The Hall–Kier alpha value is -1.10. The predicted molar refractivity (Wildman–Crippen MR) is 70.0 cm³/mol. The Labute approximate surface area is 102 Å². The Morgan fingerprint density at radius 2 is 1.94 bits per heavy atom. The smallest absolute Gasteiger partial charge is 0.195 e. The lowest BCUT2D eigenvalue weighted by atomic mass is 10.4. The zero-order valence-corrected chi connectivity index (χ0v) is 11.5. The van der Waals surface area contributed by atoms with E-state index >= 15 is 0 Å². The van der Waals surface area contributed by atoms with Gasteiger partial charge >= 0.3 is 0 Å². The van der Waals surface area contributed by atoms with E-state index in [9.17, 15) is 0 Å². The minimum Gasteiger partial charge on any atom is -0.349 e. The number of thiazole rings is 1. The van der Waals surface area contributed by atoms with Crippen LogP contribution in [0.3, 0.4) is 0 Å². The Balaban J connectivity index is 2.69. The minimum absolute atomic E-state index is 0.655. The third kappa shape index (κ3) is 3.48. The van der Waals surface area contributed by atoms with Crippen LogP contribution in [0.25, 0.3) is 0 Å². The Bertz CT molecular complexity index is 345. The number of guanidine groups is 1. The van der Waals surface area contributed by atoms with Crippen LogP contribution in [-0.4, -0.2) is 48.9 Å². The summed E-state index contributed by atoms with van der Waals surface area (Å²) in [6.07, 6.45) is 1.00. The predicted octanol–water partition coefficient (Wildman–Crippen LogP) is 1.68. The maximum absolute atomic E-state index is 4.55. The molecule has 0 aliphatic heterocycles. The van der Waals surface area contributed by atoms with Crippen LogP contribution in [0, 0.1) is 0 Å². The molecule has 0 aliphatic rings. The van der Waals surface area contributed by atoms with Gasteiger partial charge in [-0.2, -0.15) is 0 Å². The van der Waals surface area contributed by atoms with Crippen molar-refractivity contribution in [1.29, 1.82) is 0 Å². The molecule has 90 valence electrons. The Kier molecular flexibility index (Phi) is 4.73. The molecule has 1 heterocycles. The number of aliphatic imine (C=N–C) groups is 1. The molecule has 0 atom stereocenters. The van der Waals surface area contributed by atoms with Gasteiger partial charge in [-0.15, -0.1) is 11.3 Å². The van der Waals surface area contributed by atoms with Crippen molar-refractivity contribution in [3.8, 4) is 0 Å². The second-order valence-corrected chi connectivity index (χ2v) is 4.93. The summed E-state index contributed by atoms with van der Waals surface area (Å²) >= 11 is 1.71. The molecule has 0 unspecified atom stereocenters. The molecule has 5 heteroatoms. The van der Waals surface area contributed by atoms with E-state index in [1.807, 2.05) is 38.0 Å². The molecule has 0 aliphatic carbocycles. The second kappa shape index (κ2) is 5.84. The standard InChI is InChI=1S/C11H20N4S/c1-6-10-13-9(8-16-10)7-12-11(14(2)3)15(4)5/h8H,6-7H2,1-5H3. The molecular weight excluding hydrogens is 220 g/mol. The summed E-state index contributed by atoms with van der Waals surface area (Å²) in [5, 5.41) is 3.27. The van der Waals surface area contributed by atoms with Crippen molar-refractivity contribution >= 4 is 17.3 Å². The molecule has 0 N–H and O–H groups in total. The molecule has 0 amide bonds. The number of nitrogens with zero attached hydrogens (tertiary/aromatic N) is 4. The Morgan fingerprint density at radius 1 is 1.31 bits per heavy atom. The number of aromatic nitrogens is 1. The monoisotopic (exact) mass is 240 g/mol. The highest BCUT2D eigenvalue weighted by Crippen LogP contribution is 2.11. The first kappa shape index (κ1) is 13.0. The molecule has 0 saturated heterocycles. The van der Waals surface area contributed by atoms with Crippen LogP contribution in [0.15, 0.2) is 10.4 Å². The summed E-state index contributed by atoms with van der Waals surface area (Å²) in [5.41, 5.74) is 1.06. The fraction of sp³-hybridized carbons (Fsp3) is 0.636. The van der Waals surface area contributed by atoms with E-state index < -0.39 is 0 Å². The fourth-order valence-electron chi connectivity index (χ4n) is 1.42. The van der Waals surface area contributed by atoms with E-state index in [1.54, 1.807) is 11.3 Å². The van der Waals surface area contributed by atoms with Crippen LogP contribution in [0.4, 0.5) is 0 Å². The van der Waals surface area contributed by atoms with Crippen LogP contribution in [0.5, 0.6) is 0 Å². The molecule has 0 fully saturated rings. The van der Waals surface area contributed by atoms with E-state index in [2.05, 4.69) is 22.3 Å². The summed E-state index contributed by atoms with van der Waals surface area (Å²) in [6, 6.07) is 0. The largest absolute Gasteiger partial charge is 0.349 e. The third-order valence-electron chi connectivity index (χ3n) is 2.08. The quantitative estimate of drug-likeness (QED) is 0.595. The molecule has 0 spiro atoms. The molecular formula is C11H20N4S. The van der Waals surface area contributed by atoms with Gasteiger partial charge in [-0.25, -0.2) is 9.98 Å². The number of hydrogen-bond donors (Lipinski definition) is 0. The summed E-state index contributed by atoms with van der Waals surface area (Å²) in [7, 11) is 7.99. The molecule has 0 radical (unpaired) electrons. The molecule has 16 heavy (non-hydrogen) atoms. The third-order valence-corrected chi connectivity index (χ3v) is 3.13. The van der Waals surface area contributed by atoms with Gasteiger partial charge in [0.1, 0.15) is 0 Å². The van der Waals surface area contributed by atoms with Gasteiger partial charge < -0.3 is 9.80 Å². The van der Waals surface area contributed by atoms with Crippen molar-refractivity contribution in [1.82, 2.24) is 14.8 Å². The van der Waals surface area contributed by atoms with Crippen LogP contribution in [0.2, 0.25) is 0 Å². The van der Waals surface area contributed by atoms with Crippen molar-refractivity contribution in [3.05, 3.63) is 16.1 Å². The topological polar surface area (TPSA) is 31.7 Å². The lowest BCUT2D eigenvalue weighted by Crippen LogP contribution is -2.35. The van der Waals surface area contributed by atoms with Gasteiger partial charge in [0, 0.05) is 33.6 Å². The van der Waals surface area contributed by atoms with Gasteiger partial charge in [0.2, 0.25) is 0 Å². The van der Waals surface area contributed by atoms with Gasteiger partial charge in [0.25, 0.3) is 0 Å². The Morgan fingerprint density at radius 3 is 2.38 bits per heavy atom. The minimum atomic E-state index is 0.655. The van der Waals surface area contributed by atoms with Crippen molar-refractivity contribution < 1.29 is 0 Å². The van der Waals surface area contributed by atoms with E-state index in [1.165, 1.54) is 5.01 Å². The molecule has 1 rings (SSSR count). The summed E-state index contributed by atoms with van der Waals surface area (Å²) in [4.78, 5) is 13.1. The maximum Gasteiger partial charge on any atom is 0.195 e. The van der Waals surface area contributed by atoms with E-state index in [-0.39, 0.29) is 0 Å². The van der Waals surface area contributed by atoms with Crippen LogP contribution in [0.1, 0.15) is 17.6 Å². The van der Waals surface area contributed by atoms with Crippen molar-refractivity contribution in [2.24, 2.45) is 4.99 Å². The SMILES string of the molecule is CCc1nc(CN=C(N(C)C)N(C)C)cs1. The summed E-state index contributed by atoms with van der Waals surface area (Å²) < 4.78 is 0. The number of aryl methyl sites for hydroxylation is 1. The van der Waals surface area contributed by atoms with Gasteiger partial charge in [0.05, 0.1) is 17.2 Å². The fourth-order valence-corrected chi connectivity index (χ4v) is 2.15. The highest BCUT2D eigenvalue weighted by atomic mass is 32.1. The molecule has 0 aromatic carbocycles. The highest BCUT2D eigenvalue weighted by Gasteiger charge is 2.05. The van der Waals surface area contributed by atoms with Gasteiger partial charge in [-0.1, -0.05) is 6.92 Å². The van der Waals surface area contributed by atoms with Crippen LogP contribution < -0.4 is 0 Å². The molecule has 0 saturated carbocycles. The van der Waals surface area contributed by atoms with Gasteiger partial charge in [-0.05, 0) is 6.42 Å². The summed E-state index contributed by atoms with van der Waals surface area (Å²) in [6.45, 7) is 2.78. The van der Waals surface area contributed by atoms with Gasteiger partial charge in [0.15, 0.2) is 5.96 Å². The molecule has 1 aromatic rings. The van der Waals surface area contributed by atoms with Crippen molar-refractivity contribution in [3.63, 3.8) is 0 Å². The second-order valence-electron chi connectivity index (χ2n) is 3.99. The van der Waals surface area contributed by atoms with E-state index in [0.29, 0.717) is 6.54 Å². The van der Waals surface area contributed by atoms with Crippen molar-refractivity contribution in [2.45, 2.75) is 19.9 Å². The first-order valence-electron chi connectivity index (χ1n) is 5.37. The first-order valence-corrected chi connectivity index (χ1v) is 6.25. The maximum atomic E-state index is 4.55. The first-order chi connectivity index (χ1) is 7.54. The summed E-state index contributed by atoms with van der Waals surface area (Å²) in [5.74, 6) is 0.964. The average molecular weight is 240 g/mol. The molecule has 4 nitrogen and oxygen atoms in total. The molecule has 0 bridgehead atoms. The zero-order chi connectivity index (χ0) is 12.1. The lowest BCUT2D eigenvalue weighted by molar-refractivity contribution is 0.479. The van der Waals surface area contributed by atoms with E-state index in [4.69, 9.17) is 0 Å². The normalized spacial score (nSPS) is 10.1. The van der Waals surface area contributed by atoms with E-state index in [0.717, 1.165) is 18.1 Å². The van der Waals surface area contributed by atoms with Crippen LogP contribution >= 0.6 is 11.3 Å². The zero-order valence-electron chi connectivity index (χ0n) is 10.7. The van der Waals surface area contributed by atoms with Crippen molar-refractivity contribution in [2.75, 3.05) is 28.2 Å². The highest BCUT2D eigenvalue weighted by molar-refractivity contribution is 7.09.